The van der Waals surface area contributed by atoms with Gasteiger partial charge in [0.05, 0.1) is 11.1 Å². The molecule has 3 rings (SSSR count). The van der Waals surface area contributed by atoms with Crippen LogP contribution in [-0.2, 0) is 0 Å². The van der Waals surface area contributed by atoms with Gasteiger partial charge < -0.3 is 0 Å². The van der Waals surface area contributed by atoms with Crippen LogP contribution in [0.15, 0.2) is 42.5 Å². The summed E-state index contributed by atoms with van der Waals surface area (Å²) in [6, 6.07) is 11.9. The predicted molar refractivity (Wildman–Crippen MR) is 72.9 cm³/mol. The van der Waals surface area contributed by atoms with E-state index in [1.165, 1.54) is 0 Å². The Bertz CT molecular complexity index is 762. The molecular formula is C16H11NO3. The largest absolute Gasteiger partial charge is 0.289 e. The Morgan fingerprint density at radius 1 is 0.900 bits per heavy atom. The summed E-state index contributed by atoms with van der Waals surface area (Å²) in [6.07, 6.45) is 0. The third-order valence-electron chi connectivity index (χ3n) is 3.40. The van der Waals surface area contributed by atoms with E-state index in [4.69, 9.17) is 0 Å². The molecule has 98 valence electrons. The normalized spacial score (nSPS) is 13.1. The van der Waals surface area contributed by atoms with Crippen LogP contribution in [-0.4, -0.2) is 17.6 Å². The topological polar surface area (TPSA) is 63.2 Å². The molecule has 1 heterocycles. The van der Waals surface area contributed by atoms with Crippen molar-refractivity contribution in [1.82, 2.24) is 5.32 Å². The average molecular weight is 265 g/mol. The van der Waals surface area contributed by atoms with E-state index in [2.05, 4.69) is 5.32 Å². The highest BCUT2D eigenvalue weighted by atomic mass is 16.2. The number of imide groups is 1. The summed E-state index contributed by atoms with van der Waals surface area (Å²) in [5, 5.41) is 2.21. The number of benzene rings is 2. The number of amides is 2. The summed E-state index contributed by atoms with van der Waals surface area (Å²) in [5.41, 5.74) is 2.06. The second kappa shape index (κ2) is 4.42. The van der Waals surface area contributed by atoms with Crippen molar-refractivity contribution in [3.8, 4) is 0 Å². The zero-order valence-electron chi connectivity index (χ0n) is 10.8. The fourth-order valence-corrected chi connectivity index (χ4v) is 2.38. The fraction of sp³-hybridized carbons (Fsp3) is 0.0625. The van der Waals surface area contributed by atoms with Gasteiger partial charge in [-0.1, -0.05) is 36.4 Å². The van der Waals surface area contributed by atoms with Gasteiger partial charge >= 0.3 is 0 Å². The molecular weight excluding hydrogens is 254 g/mol. The van der Waals surface area contributed by atoms with Crippen molar-refractivity contribution in [2.75, 3.05) is 0 Å². The molecule has 2 amide bonds. The average Bonchev–Trinajstić information content (AvgIpc) is 2.74. The van der Waals surface area contributed by atoms with E-state index in [9.17, 15) is 14.4 Å². The molecule has 0 saturated carbocycles. The van der Waals surface area contributed by atoms with Crippen molar-refractivity contribution in [3.05, 3.63) is 70.3 Å². The summed E-state index contributed by atoms with van der Waals surface area (Å²) in [7, 11) is 0. The lowest BCUT2D eigenvalue weighted by Crippen LogP contribution is -2.20. The number of rotatable bonds is 2. The van der Waals surface area contributed by atoms with Gasteiger partial charge in [-0.25, -0.2) is 0 Å². The number of hydrogen-bond acceptors (Lipinski definition) is 3. The van der Waals surface area contributed by atoms with E-state index < -0.39 is 11.8 Å². The van der Waals surface area contributed by atoms with Gasteiger partial charge in [0.25, 0.3) is 11.8 Å². The van der Waals surface area contributed by atoms with Crippen LogP contribution in [0.2, 0.25) is 0 Å². The molecule has 2 aromatic rings. The Balaban J connectivity index is 2.18. The van der Waals surface area contributed by atoms with E-state index in [1.807, 2.05) is 19.1 Å². The molecule has 1 aliphatic rings. The molecule has 0 saturated heterocycles. The van der Waals surface area contributed by atoms with Gasteiger partial charge in [-0.15, -0.1) is 0 Å². The zero-order chi connectivity index (χ0) is 14.3. The molecule has 0 radical (unpaired) electrons. The van der Waals surface area contributed by atoms with Crippen molar-refractivity contribution in [2.45, 2.75) is 6.92 Å². The summed E-state index contributed by atoms with van der Waals surface area (Å²) < 4.78 is 0. The van der Waals surface area contributed by atoms with Crippen molar-refractivity contribution < 1.29 is 14.4 Å². The molecule has 0 fully saturated rings. The smallest absolute Gasteiger partial charge is 0.259 e. The maximum absolute atomic E-state index is 12.6. The van der Waals surface area contributed by atoms with Gasteiger partial charge in [0, 0.05) is 11.1 Å². The summed E-state index contributed by atoms with van der Waals surface area (Å²) in [5.74, 6) is -1.21. The molecule has 0 unspecified atom stereocenters. The van der Waals surface area contributed by atoms with Crippen LogP contribution < -0.4 is 5.32 Å². The molecule has 0 spiro atoms. The number of fused-ring (bicyclic) bond motifs is 1. The summed E-state index contributed by atoms with van der Waals surface area (Å²) in [6.45, 7) is 1.83. The Morgan fingerprint density at radius 3 is 2.35 bits per heavy atom. The van der Waals surface area contributed by atoms with Crippen LogP contribution in [0.25, 0.3) is 0 Å². The second-order valence-electron chi connectivity index (χ2n) is 4.66. The van der Waals surface area contributed by atoms with Gasteiger partial charge in [0.15, 0.2) is 5.78 Å². The van der Waals surface area contributed by atoms with Crippen LogP contribution in [0.3, 0.4) is 0 Å². The Kier molecular flexibility index (Phi) is 2.71. The van der Waals surface area contributed by atoms with Gasteiger partial charge in [0.2, 0.25) is 0 Å². The number of hydrogen-bond donors (Lipinski definition) is 1. The minimum absolute atomic E-state index is 0.172. The minimum Gasteiger partial charge on any atom is -0.289 e. The van der Waals surface area contributed by atoms with Crippen LogP contribution in [0.4, 0.5) is 0 Å². The van der Waals surface area contributed by atoms with Gasteiger partial charge in [-0.05, 0) is 18.6 Å². The molecule has 20 heavy (non-hydrogen) atoms. The lowest BCUT2D eigenvalue weighted by atomic mass is 9.93. The number of nitrogens with one attached hydrogen (secondary N) is 1. The highest BCUT2D eigenvalue weighted by Crippen LogP contribution is 2.23. The van der Waals surface area contributed by atoms with Crippen LogP contribution in [0, 0.1) is 6.92 Å². The maximum atomic E-state index is 12.6. The molecule has 0 aromatic heterocycles. The number of ketones is 1. The standard InChI is InChI=1S/C16H11NO3/c1-9-5-2-3-6-10(9)14(18)11-7-4-8-12-13(11)16(20)17-15(12)19/h2-8H,1H3,(H,17,19,20). The first-order valence-corrected chi connectivity index (χ1v) is 6.18. The predicted octanol–water partition coefficient (Wildman–Crippen LogP) is 2.11. The first-order valence-electron chi connectivity index (χ1n) is 6.18. The Morgan fingerprint density at radius 2 is 1.60 bits per heavy atom. The quantitative estimate of drug-likeness (QED) is 0.668. The fourth-order valence-electron chi connectivity index (χ4n) is 2.38. The molecule has 0 aliphatic carbocycles. The molecule has 1 aliphatic heterocycles. The molecule has 1 N–H and O–H groups in total. The molecule has 0 bridgehead atoms. The van der Waals surface area contributed by atoms with Gasteiger partial charge in [0.1, 0.15) is 0 Å². The maximum Gasteiger partial charge on any atom is 0.259 e. The zero-order valence-corrected chi connectivity index (χ0v) is 10.8. The molecule has 4 heteroatoms. The van der Waals surface area contributed by atoms with Crippen molar-refractivity contribution in [1.29, 1.82) is 0 Å². The third kappa shape index (κ3) is 1.73. The minimum atomic E-state index is -0.512. The lowest BCUT2D eigenvalue weighted by molar-refractivity contribution is 0.0875. The number of carbonyl (C=O) groups excluding carboxylic acids is 3. The first-order chi connectivity index (χ1) is 9.59. The SMILES string of the molecule is Cc1ccccc1C(=O)c1cccc2c1C(=O)NC2=O. The van der Waals surface area contributed by atoms with Crippen molar-refractivity contribution in [3.63, 3.8) is 0 Å². The molecule has 4 nitrogen and oxygen atoms in total. The van der Waals surface area contributed by atoms with E-state index in [-0.39, 0.29) is 22.5 Å². The van der Waals surface area contributed by atoms with E-state index in [1.54, 1.807) is 30.3 Å². The molecule has 0 atom stereocenters. The highest BCUT2D eigenvalue weighted by molar-refractivity contribution is 6.27. The van der Waals surface area contributed by atoms with Crippen molar-refractivity contribution in [2.24, 2.45) is 0 Å². The highest BCUT2D eigenvalue weighted by Gasteiger charge is 2.31. The Hall–Kier alpha value is -2.75. The van der Waals surface area contributed by atoms with Gasteiger partial charge in [-0.3, -0.25) is 19.7 Å². The first kappa shape index (κ1) is 12.3. The summed E-state index contributed by atoms with van der Waals surface area (Å²) >= 11 is 0. The van der Waals surface area contributed by atoms with E-state index in [0.717, 1.165) is 5.56 Å². The van der Waals surface area contributed by atoms with Crippen LogP contribution in [0.1, 0.15) is 42.2 Å². The Labute approximate surface area is 115 Å². The van der Waals surface area contributed by atoms with E-state index >= 15 is 0 Å². The van der Waals surface area contributed by atoms with Crippen LogP contribution in [0.5, 0.6) is 0 Å². The van der Waals surface area contributed by atoms with Crippen LogP contribution >= 0.6 is 0 Å². The summed E-state index contributed by atoms with van der Waals surface area (Å²) in [4.78, 5) is 36.0. The number of carbonyl (C=O) groups is 3. The van der Waals surface area contributed by atoms with Gasteiger partial charge in [-0.2, -0.15) is 0 Å². The van der Waals surface area contributed by atoms with E-state index in [0.29, 0.717) is 5.56 Å². The second-order valence-corrected chi connectivity index (χ2v) is 4.66. The molecule has 2 aromatic carbocycles. The van der Waals surface area contributed by atoms with Crippen molar-refractivity contribution >= 4 is 17.6 Å². The lowest BCUT2D eigenvalue weighted by Gasteiger charge is -2.07. The number of aryl methyl sites for hydroxylation is 1. The monoisotopic (exact) mass is 265 g/mol. The third-order valence-corrected chi connectivity index (χ3v) is 3.40.